The Bertz CT molecular complexity index is 946. The number of ether oxygens (including phenoxy) is 1. The molecule has 0 amide bonds. The van der Waals surface area contributed by atoms with Crippen LogP contribution in [0.25, 0.3) is 5.65 Å². The van der Waals surface area contributed by atoms with Crippen molar-refractivity contribution in [1.82, 2.24) is 30.1 Å². The monoisotopic (exact) mass is 541 g/mol. The van der Waals surface area contributed by atoms with Gasteiger partial charge in [-0.15, -0.1) is 45.5 Å². The quantitative estimate of drug-likeness (QED) is 0.284. The number of halogens is 1. The topological polar surface area (TPSA) is 79.1 Å². The van der Waals surface area contributed by atoms with Crippen LogP contribution < -0.4 is 10.6 Å². The summed E-state index contributed by atoms with van der Waals surface area (Å²) < 4.78 is 7.70. The van der Waals surface area contributed by atoms with Crippen molar-refractivity contribution in [2.24, 2.45) is 4.99 Å². The smallest absolute Gasteiger partial charge is 0.191 e. The Labute approximate surface area is 197 Å². The lowest BCUT2D eigenvalue weighted by Gasteiger charge is -2.37. The summed E-state index contributed by atoms with van der Waals surface area (Å²) in [5.41, 5.74) is 0.839. The zero-order valence-electron chi connectivity index (χ0n) is 17.2. The van der Waals surface area contributed by atoms with Gasteiger partial charge in [0.2, 0.25) is 0 Å². The molecular weight excluding hydrogens is 513 g/mol. The molecular formula is C20H28IN7OS. The average molecular weight is 541 g/mol. The van der Waals surface area contributed by atoms with Crippen LogP contribution in [0, 0.1) is 0 Å². The lowest BCUT2D eigenvalue weighted by Crippen LogP contribution is -2.48. The second-order valence-electron chi connectivity index (χ2n) is 7.06. The molecule has 0 radical (unpaired) electrons. The second-order valence-corrected chi connectivity index (χ2v) is 8.04. The van der Waals surface area contributed by atoms with E-state index in [1.807, 2.05) is 28.8 Å². The van der Waals surface area contributed by atoms with Gasteiger partial charge in [-0.3, -0.25) is 14.3 Å². The lowest BCUT2D eigenvalue weighted by molar-refractivity contribution is -0.0334. The van der Waals surface area contributed by atoms with Crippen LogP contribution in [-0.4, -0.2) is 64.9 Å². The van der Waals surface area contributed by atoms with Gasteiger partial charge in [0, 0.05) is 37.8 Å². The number of thiophene rings is 1. The number of aliphatic imine (C=N–C) groups is 1. The van der Waals surface area contributed by atoms with Crippen molar-refractivity contribution >= 4 is 46.9 Å². The summed E-state index contributed by atoms with van der Waals surface area (Å²) >= 11 is 1.79. The van der Waals surface area contributed by atoms with Crippen molar-refractivity contribution in [1.29, 1.82) is 0 Å². The molecule has 3 aromatic rings. The van der Waals surface area contributed by atoms with Crippen LogP contribution in [0.2, 0.25) is 0 Å². The summed E-state index contributed by atoms with van der Waals surface area (Å²) in [6.45, 7) is 6.09. The summed E-state index contributed by atoms with van der Waals surface area (Å²) in [5, 5.41) is 17.4. The number of rotatable bonds is 6. The molecule has 8 nitrogen and oxygen atoms in total. The van der Waals surface area contributed by atoms with E-state index in [2.05, 4.69) is 55.2 Å². The summed E-state index contributed by atoms with van der Waals surface area (Å²) in [4.78, 5) is 8.22. The molecule has 2 unspecified atom stereocenters. The zero-order chi connectivity index (χ0) is 20.1. The Morgan fingerprint density at radius 3 is 2.97 bits per heavy atom. The molecule has 30 heavy (non-hydrogen) atoms. The maximum Gasteiger partial charge on any atom is 0.191 e. The van der Waals surface area contributed by atoms with E-state index < -0.39 is 0 Å². The fourth-order valence-electron chi connectivity index (χ4n) is 3.61. The fourth-order valence-corrected chi connectivity index (χ4v) is 4.47. The first-order valence-electron chi connectivity index (χ1n) is 9.87. The maximum absolute atomic E-state index is 5.73. The number of aromatic nitrogens is 3. The van der Waals surface area contributed by atoms with Crippen molar-refractivity contribution in [2.75, 3.05) is 33.3 Å². The first-order chi connectivity index (χ1) is 14.2. The number of pyridine rings is 1. The molecule has 1 saturated heterocycles. The average Bonchev–Trinajstić information content (AvgIpc) is 3.41. The predicted octanol–water partition coefficient (Wildman–Crippen LogP) is 2.54. The van der Waals surface area contributed by atoms with E-state index >= 15 is 0 Å². The molecule has 0 spiro atoms. The van der Waals surface area contributed by atoms with Crippen LogP contribution in [0.4, 0.5) is 0 Å². The van der Waals surface area contributed by atoms with Crippen LogP contribution in [0.1, 0.15) is 23.7 Å². The number of nitrogens with one attached hydrogen (secondary N) is 2. The number of guanidine groups is 1. The highest BCUT2D eigenvalue weighted by molar-refractivity contribution is 14.0. The van der Waals surface area contributed by atoms with Gasteiger partial charge < -0.3 is 15.4 Å². The van der Waals surface area contributed by atoms with E-state index in [1.54, 1.807) is 18.4 Å². The van der Waals surface area contributed by atoms with Crippen LogP contribution in [0.15, 0.2) is 46.9 Å². The number of morpholine rings is 1. The molecule has 162 valence electrons. The molecule has 10 heteroatoms. The SMILES string of the molecule is CN=C(NCc1nnc2ccccn12)NCC(c1cccs1)N1CCOC(C)C1.I. The summed E-state index contributed by atoms with van der Waals surface area (Å²) in [6, 6.07) is 10.5. The minimum atomic E-state index is 0. The van der Waals surface area contributed by atoms with E-state index in [0.29, 0.717) is 6.54 Å². The summed E-state index contributed by atoms with van der Waals surface area (Å²) in [7, 11) is 1.79. The van der Waals surface area contributed by atoms with E-state index in [-0.39, 0.29) is 36.1 Å². The molecule has 0 bridgehead atoms. The van der Waals surface area contributed by atoms with Crippen LogP contribution >= 0.6 is 35.3 Å². The lowest BCUT2D eigenvalue weighted by atomic mass is 10.1. The standard InChI is InChI=1S/C20H27N7OS.HI/c1-15-14-26(9-10-28-15)16(17-6-5-11-29-17)12-22-20(21-2)23-13-19-25-24-18-7-3-4-8-27(18)19;/h3-8,11,15-16H,9-10,12-14H2,1-2H3,(H2,21,22,23);1H. The third kappa shape index (κ3) is 5.48. The van der Waals surface area contributed by atoms with Gasteiger partial charge in [0.25, 0.3) is 0 Å². The van der Waals surface area contributed by atoms with Crippen LogP contribution in [-0.2, 0) is 11.3 Å². The van der Waals surface area contributed by atoms with Gasteiger partial charge in [0.15, 0.2) is 17.4 Å². The molecule has 1 aliphatic rings. The molecule has 3 aromatic heterocycles. The number of fused-ring (bicyclic) bond motifs is 1. The van der Waals surface area contributed by atoms with E-state index in [9.17, 15) is 0 Å². The van der Waals surface area contributed by atoms with Crippen LogP contribution in [0.5, 0.6) is 0 Å². The van der Waals surface area contributed by atoms with Gasteiger partial charge in [0.05, 0.1) is 25.3 Å². The molecule has 1 aliphatic heterocycles. The van der Waals surface area contributed by atoms with E-state index in [0.717, 1.165) is 43.7 Å². The predicted molar refractivity (Wildman–Crippen MR) is 131 cm³/mol. The number of hydrogen-bond donors (Lipinski definition) is 2. The molecule has 0 aromatic carbocycles. The van der Waals surface area contributed by atoms with Gasteiger partial charge in [-0.25, -0.2) is 0 Å². The first-order valence-corrected chi connectivity index (χ1v) is 10.7. The minimum absolute atomic E-state index is 0. The van der Waals surface area contributed by atoms with Gasteiger partial charge >= 0.3 is 0 Å². The Morgan fingerprint density at radius 1 is 1.30 bits per heavy atom. The molecule has 2 atom stereocenters. The Kier molecular flexibility index (Phi) is 8.42. The van der Waals surface area contributed by atoms with Crippen LogP contribution in [0.3, 0.4) is 0 Å². The van der Waals surface area contributed by atoms with Crippen molar-refractivity contribution in [3.8, 4) is 0 Å². The zero-order valence-corrected chi connectivity index (χ0v) is 20.3. The largest absolute Gasteiger partial charge is 0.376 e. The highest BCUT2D eigenvalue weighted by Gasteiger charge is 2.26. The van der Waals surface area contributed by atoms with Gasteiger partial charge in [0.1, 0.15) is 0 Å². The van der Waals surface area contributed by atoms with Gasteiger partial charge in [-0.1, -0.05) is 12.1 Å². The van der Waals surface area contributed by atoms with Crippen molar-refractivity contribution in [3.05, 3.63) is 52.6 Å². The molecule has 1 fully saturated rings. The minimum Gasteiger partial charge on any atom is -0.376 e. The fraction of sp³-hybridized carbons (Fsp3) is 0.450. The third-order valence-electron chi connectivity index (χ3n) is 5.07. The second kappa shape index (κ2) is 11.0. The highest BCUT2D eigenvalue weighted by atomic mass is 127. The molecule has 2 N–H and O–H groups in total. The Hall–Kier alpha value is -1.76. The van der Waals surface area contributed by atoms with E-state index in [4.69, 9.17) is 4.74 Å². The normalized spacial score (nSPS) is 18.7. The first kappa shape index (κ1) is 22.9. The molecule has 0 aliphatic carbocycles. The van der Waals surface area contributed by atoms with Crippen molar-refractivity contribution in [3.63, 3.8) is 0 Å². The summed E-state index contributed by atoms with van der Waals surface area (Å²) in [5.74, 6) is 1.60. The van der Waals surface area contributed by atoms with Crippen molar-refractivity contribution in [2.45, 2.75) is 25.6 Å². The molecule has 4 rings (SSSR count). The third-order valence-corrected chi connectivity index (χ3v) is 6.04. The molecule has 4 heterocycles. The highest BCUT2D eigenvalue weighted by Crippen LogP contribution is 2.26. The van der Waals surface area contributed by atoms with Gasteiger partial charge in [-0.2, -0.15) is 0 Å². The van der Waals surface area contributed by atoms with Gasteiger partial charge in [-0.05, 0) is 30.5 Å². The van der Waals surface area contributed by atoms with E-state index in [1.165, 1.54) is 4.88 Å². The number of hydrogen-bond acceptors (Lipinski definition) is 6. The Balaban J connectivity index is 0.00000256. The summed E-state index contributed by atoms with van der Waals surface area (Å²) in [6.07, 6.45) is 2.22. The Morgan fingerprint density at radius 2 is 2.20 bits per heavy atom. The molecule has 0 saturated carbocycles. The maximum atomic E-state index is 5.73. The van der Waals surface area contributed by atoms with Crippen molar-refractivity contribution < 1.29 is 4.74 Å². The number of nitrogens with zero attached hydrogens (tertiary/aromatic N) is 5.